The maximum Gasteiger partial charge on any atom is 0.251 e. The number of benzene rings is 5. The number of carbonyl (C=O) groups is 3. The van der Waals surface area contributed by atoms with E-state index in [1.165, 1.54) is 0 Å². The molecule has 0 fully saturated rings. The molecule has 0 aromatic heterocycles. The molecule has 226 valence electrons. The molecule has 0 aliphatic rings. The first-order valence-electron chi connectivity index (χ1n) is 14.6. The second-order valence-corrected chi connectivity index (χ2v) is 11.3. The lowest BCUT2D eigenvalue weighted by molar-refractivity contribution is 0.0953. The smallest absolute Gasteiger partial charge is 0.251 e. The average Bonchev–Trinajstić information content (AvgIpc) is 3.10. The first-order valence-corrected chi connectivity index (χ1v) is 15.9. The lowest BCUT2D eigenvalue weighted by Crippen LogP contribution is -2.25. The first kappa shape index (κ1) is 31.3. The lowest BCUT2D eigenvalue weighted by Gasteiger charge is -2.13. The van der Waals surface area contributed by atoms with E-state index in [-0.39, 0.29) is 30.7 Å². The van der Waals surface area contributed by atoms with Crippen molar-refractivity contribution in [2.45, 2.75) is 13.2 Å². The summed E-state index contributed by atoms with van der Waals surface area (Å²) in [5.74, 6) is 1.47. The number of hydrogen-bond donors (Lipinski definition) is 1. The van der Waals surface area contributed by atoms with E-state index in [0.29, 0.717) is 45.9 Å². The Bertz CT molecular complexity index is 1620. The Kier molecular flexibility index (Phi) is 10.8. The third kappa shape index (κ3) is 8.71. The standard InChI is InChI=1S/C38H33NO5S/c1-45-21-20-39-38(42)33-22-34(43-25-27-12-16-31(17-13-27)36(40)29-8-4-2-5-9-29)24-35(23-33)44-26-28-14-18-32(19-15-28)37(41)30-10-6-3-7-11-30/h2-19,22-24H,20-21,25-26H2,1H3,(H,39,42). The highest BCUT2D eigenvalue weighted by molar-refractivity contribution is 7.98. The highest BCUT2D eigenvalue weighted by atomic mass is 32.2. The molecular formula is C38H33NO5S. The fourth-order valence-corrected chi connectivity index (χ4v) is 4.89. The average molecular weight is 616 g/mol. The van der Waals surface area contributed by atoms with Crippen LogP contribution in [0.1, 0.15) is 53.3 Å². The molecule has 0 atom stereocenters. The van der Waals surface area contributed by atoms with Gasteiger partial charge in [-0.3, -0.25) is 14.4 Å². The van der Waals surface area contributed by atoms with Crippen molar-refractivity contribution in [1.82, 2.24) is 5.32 Å². The fraction of sp³-hybridized carbons (Fsp3) is 0.132. The van der Waals surface area contributed by atoms with E-state index >= 15 is 0 Å². The summed E-state index contributed by atoms with van der Waals surface area (Å²) in [7, 11) is 0. The Labute approximate surface area is 267 Å². The molecule has 5 rings (SSSR count). The molecule has 0 bridgehead atoms. The van der Waals surface area contributed by atoms with Gasteiger partial charge in [0.05, 0.1) is 0 Å². The Morgan fingerprint density at radius 3 is 1.40 bits per heavy atom. The molecule has 1 N–H and O–H groups in total. The van der Waals surface area contributed by atoms with Crippen LogP contribution < -0.4 is 14.8 Å². The molecular weight excluding hydrogens is 582 g/mol. The van der Waals surface area contributed by atoms with Gasteiger partial charge in [0.2, 0.25) is 0 Å². The summed E-state index contributed by atoms with van der Waals surface area (Å²) in [4.78, 5) is 38.4. The normalized spacial score (nSPS) is 10.6. The largest absolute Gasteiger partial charge is 0.489 e. The summed E-state index contributed by atoms with van der Waals surface area (Å²) in [6, 6.07) is 38.0. The quantitative estimate of drug-likeness (QED) is 0.104. The van der Waals surface area contributed by atoms with Crippen molar-refractivity contribution in [3.63, 3.8) is 0 Å². The van der Waals surface area contributed by atoms with E-state index in [1.807, 2.05) is 66.9 Å². The Morgan fingerprint density at radius 2 is 0.978 bits per heavy atom. The number of nitrogens with one attached hydrogen (secondary N) is 1. The number of carbonyl (C=O) groups excluding carboxylic acids is 3. The summed E-state index contributed by atoms with van der Waals surface area (Å²) in [5.41, 5.74) is 4.65. The zero-order chi connectivity index (χ0) is 31.4. The van der Waals surface area contributed by atoms with E-state index in [9.17, 15) is 14.4 Å². The third-order valence-electron chi connectivity index (χ3n) is 7.05. The molecule has 0 unspecified atom stereocenters. The number of ether oxygens (including phenoxy) is 2. The van der Waals surface area contributed by atoms with Crippen LogP contribution in [0.5, 0.6) is 11.5 Å². The van der Waals surface area contributed by atoms with E-state index in [4.69, 9.17) is 9.47 Å². The molecule has 6 nitrogen and oxygen atoms in total. The molecule has 0 saturated heterocycles. The topological polar surface area (TPSA) is 81.7 Å². The molecule has 45 heavy (non-hydrogen) atoms. The monoisotopic (exact) mass is 615 g/mol. The molecule has 0 radical (unpaired) electrons. The van der Waals surface area contributed by atoms with Crippen LogP contribution in [0.15, 0.2) is 127 Å². The van der Waals surface area contributed by atoms with Crippen molar-refractivity contribution in [3.05, 3.63) is 166 Å². The summed E-state index contributed by atoms with van der Waals surface area (Å²) in [5, 5.41) is 2.93. The van der Waals surface area contributed by atoms with E-state index in [1.54, 1.807) is 78.5 Å². The zero-order valence-corrected chi connectivity index (χ0v) is 25.7. The molecule has 5 aromatic rings. The lowest BCUT2D eigenvalue weighted by atomic mass is 10.0. The van der Waals surface area contributed by atoms with Crippen LogP contribution in [0.25, 0.3) is 0 Å². The number of thioether (sulfide) groups is 1. The fourth-order valence-electron chi connectivity index (χ4n) is 4.59. The SMILES string of the molecule is CSCCNC(=O)c1cc(OCc2ccc(C(=O)c3ccccc3)cc2)cc(OCc2ccc(C(=O)c3ccccc3)cc2)c1. The second kappa shape index (κ2) is 15.5. The third-order valence-corrected chi connectivity index (χ3v) is 7.66. The minimum atomic E-state index is -0.216. The van der Waals surface area contributed by atoms with Gasteiger partial charge in [0.25, 0.3) is 5.91 Å². The minimum absolute atomic E-state index is 0.0394. The van der Waals surface area contributed by atoms with Gasteiger partial charge in [0, 0.05) is 46.2 Å². The molecule has 1 amide bonds. The predicted octanol–water partition coefficient (Wildman–Crippen LogP) is 7.40. The van der Waals surface area contributed by atoms with E-state index < -0.39 is 0 Å². The van der Waals surface area contributed by atoms with Gasteiger partial charge in [-0.05, 0) is 29.5 Å². The Balaban J connectivity index is 1.26. The predicted molar refractivity (Wildman–Crippen MR) is 178 cm³/mol. The van der Waals surface area contributed by atoms with Gasteiger partial charge in [0.1, 0.15) is 24.7 Å². The molecule has 5 aromatic carbocycles. The van der Waals surface area contributed by atoms with Crippen LogP contribution in [-0.4, -0.2) is 36.0 Å². The number of rotatable bonds is 14. The van der Waals surface area contributed by atoms with Crippen LogP contribution in [0.2, 0.25) is 0 Å². The summed E-state index contributed by atoms with van der Waals surface area (Å²) < 4.78 is 12.2. The second-order valence-electron chi connectivity index (χ2n) is 10.3. The van der Waals surface area contributed by atoms with Crippen molar-refractivity contribution in [3.8, 4) is 11.5 Å². The molecule has 0 aliphatic carbocycles. The Morgan fingerprint density at radius 1 is 0.556 bits per heavy atom. The summed E-state index contributed by atoms with van der Waals surface area (Å²) >= 11 is 1.65. The van der Waals surface area contributed by atoms with Crippen LogP contribution in [0.3, 0.4) is 0 Å². The highest BCUT2D eigenvalue weighted by Gasteiger charge is 2.13. The molecule has 0 heterocycles. The van der Waals surface area contributed by atoms with Gasteiger partial charge in [-0.1, -0.05) is 109 Å². The van der Waals surface area contributed by atoms with Crippen LogP contribution in [0, 0.1) is 0 Å². The van der Waals surface area contributed by atoms with Gasteiger partial charge in [-0.25, -0.2) is 0 Å². The van der Waals surface area contributed by atoms with Crippen molar-refractivity contribution in [1.29, 1.82) is 0 Å². The number of ketones is 2. The van der Waals surface area contributed by atoms with E-state index in [2.05, 4.69) is 5.32 Å². The van der Waals surface area contributed by atoms with Crippen LogP contribution in [0.4, 0.5) is 0 Å². The molecule has 0 aliphatic heterocycles. The zero-order valence-electron chi connectivity index (χ0n) is 24.9. The minimum Gasteiger partial charge on any atom is -0.489 e. The summed E-state index contributed by atoms with van der Waals surface area (Å²) in [6.07, 6.45) is 1.99. The molecule has 7 heteroatoms. The number of hydrogen-bond acceptors (Lipinski definition) is 6. The Hall–Kier alpha value is -5.14. The maximum atomic E-state index is 12.9. The maximum absolute atomic E-state index is 12.9. The summed E-state index contributed by atoms with van der Waals surface area (Å²) in [6.45, 7) is 1.03. The van der Waals surface area contributed by atoms with Gasteiger partial charge in [-0.15, -0.1) is 0 Å². The number of amides is 1. The highest BCUT2D eigenvalue weighted by Crippen LogP contribution is 2.25. The molecule has 0 saturated carbocycles. The van der Waals surface area contributed by atoms with Crippen LogP contribution >= 0.6 is 11.8 Å². The van der Waals surface area contributed by atoms with E-state index in [0.717, 1.165) is 16.9 Å². The van der Waals surface area contributed by atoms with Crippen molar-refractivity contribution in [2.24, 2.45) is 0 Å². The van der Waals surface area contributed by atoms with Crippen LogP contribution in [-0.2, 0) is 13.2 Å². The van der Waals surface area contributed by atoms with Gasteiger partial charge < -0.3 is 14.8 Å². The van der Waals surface area contributed by atoms with Crippen molar-refractivity contribution >= 4 is 29.2 Å². The van der Waals surface area contributed by atoms with Gasteiger partial charge in [-0.2, -0.15) is 11.8 Å². The molecule has 0 spiro atoms. The first-order chi connectivity index (χ1) is 22.0. The van der Waals surface area contributed by atoms with Gasteiger partial charge >= 0.3 is 0 Å². The van der Waals surface area contributed by atoms with Gasteiger partial charge in [0.15, 0.2) is 11.6 Å². The van der Waals surface area contributed by atoms with Crippen molar-refractivity contribution < 1.29 is 23.9 Å². The van der Waals surface area contributed by atoms with Crippen molar-refractivity contribution in [2.75, 3.05) is 18.6 Å².